The van der Waals surface area contributed by atoms with E-state index < -0.39 is 0 Å². The summed E-state index contributed by atoms with van der Waals surface area (Å²) in [5.41, 5.74) is 9.46. The van der Waals surface area contributed by atoms with Crippen molar-refractivity contribution >= 4 is 5.52 Å². The molecule has 9 heteroatoms. The van der Waals surface area contributed by atoms with E-state index in [2.05, 4.69) is 82.1 Å². The first-order valence-electron chi connectivity index (χ1n) is 17.8. The molecule has 5 aromatic rings. The molecule has 2 aromatic carbocycles. The molecule has 3 heterocycles. The Labute approximate surface area is 303 Å². The van der Waals surface area contributed by atoms with Crippen LogP contribution in [-0.4, -0.2) is 50.4 Å². The van der Waals surface area contributed by atoms with Crippen LogP contribution < -0.4 is 15.6 Å². The number of hydrogen-bond acceptors (Lipinski definition) is 7. The van der Waals surface area contributed by atoms with Gasteiger partial charge in [0, 0.05) is 37.0 Å². The second-order valence-corrected chi connectivity index (χ2v) is 14.6. The van der Waals surface area contributed by atoms with Crippen LogP contribution in [0.2, 0.25) is 0 Å². The first-order chi connectivity index (χ1) is 24.2. The lowest BCUT2D eigenvalue weighted by molar-refractivity contribution is 0.00747. The molecule has 51 heavy (non-hydrogen) atoms. The molecule has 0 fully saturated rings. The minimum Gasteiger partial charge on any atom is -0.481 e. The molecule has 0 radical (unpaired) electrons. The molecule has 1 N–H and O–H groups in total. The Morgan fingerprint density at radius 3 is 2.31 bits per heavy atom. The molecule has 9 nitrogen and oxygen atoms in total. The lowest BCUT2D eigenvalue weighted by atomic mass is 9.89. The van der Waals surface area contributed by atoms with E-state index in [4.69, 9.17) is 19.6 Å². The number of nitrogens with one attached hydrogen (secondary N) is 1. The normalized spacial score (nSPS) is 12.3. The second kappa shape index (κ2) is 15.6. The number of pyridine rings is 1. The summed E-state index contributed by atoms with van der Waals surface area (Å²) in [6.45, 7) is 20.8. The van der Waals surface area contributed by atoms with E-state index in [-0.39, 0.29) is 11.2 Å². The second-order valence-electron chi connectivity index (χ2n) is 14.6. The molecule has 0 saturated heterocycles. The van der Waals surface area contributed by atoms with Crippen molar-refractivity contribution in [1.29, 1.82) is 0 Å². The van der Waals surface area contributed by atoms with E-state index >= 15 is 0 Å². The number of nitrogens with zero attached hydrogens (tertiary/aromatic N) is 5. The van der Waals surface area contributed by atoms with E-state index in [1.165, 1.54) is 6.42 Å². The predicted octanol–water partition coefficient (Wildman–Crippen LogP) is 8.30. The maximum absolute atomic E-state index is 13.4. The molecular formula is C42H54N6O3. The Morgan fingerprint density at radius 2 is 1.67 bits per heavy atom. The molecule has 270 valence electrons. The molecular weight excluding hydrogens is 637 g/mol. The van der Waals surface area contributed by atoms with Crippen LogP contribution in [0, 0.1) is 19.8 Å². The number of hydrogen-bond donors (Lipinski definition) is 1. The van der Waals surface area contributed by atoms with Crippen LogP contribution in [0.3, 0.4) is 0 Å². The van der Waals surface area contributed by atoms with Crippen LogP contribution in [0.5, 0.6) is 5.88 Å². The van der Waals surface area contributed by atoms with Gasteiger partial charge in [-0.3, -0.25) is 9.36 Å². The minimum atomic E-state index is -0.335. The average Bonchev–Trinajstić information content (AvgIpc) is 3.51. The van der Waals surface area contributed by atoms with Crippen molar-refractivity contribution in [2.45, 2.75) is 80.0 Å². The Kier molecular flexibility index (Phi) is 11.4. The van der Waals surface area contributed by atoms with Gasteiger partial charge < -0.3 is 19.7 Å². The molecule has 0 aliphatic rings. The largest absolute Gasteiger partial charge is 0.481 e. The fourth-order valence-corrected chi connectivity index (χ4v) is 6.64. The van der Waals surface area contributed by atoms with Crippen LogP contribution in [-0.2, 0) is 24.9 Å². The topological polar surface area (TPSA) is 85.9 Å². The van der Waals surface area contributed by atoms with Gasteiger partial charge in [0.1, 0.15) is 16.9 Å². The van der Waals surface area contributed by atoms with Crippen molar-refractivity contribution in [2.75, 3.05) is 20.7 Å². The van der Waals surface area contributed by atoms with Gasteiger partial charge in [0.05, 0.1) is 25.9 Å². The zero-order valence-corrected chi connectivity index (χ0v) is 32.1. The predicted molar refractivity (Wildman–Crippen MR) is 208 cm³/mol. The van der Waals surface area contributed by atoms with E-state index in [9.17, 15) is 4.79 Å². The highest BCUT2D eigenvalue weighted by atomic mass is 16.5. The van der Waals surface area contributed by atoms with Gasteiger partial charge in [0.25, 0.3) is 5.56 Å². The van der Waals surface area contributed by atoms with Crippen LogP contribution in [0.4, 0.5) is 0 Å². The molecule has 0 spiro atoms. The summed E-state index contributed by atoms with van der Waals surface area (Å²) in [4.78, 5) is 20.3. The third-order valence-corrected chi connectivity index (χ3v) is 9.43. The van der Waals surface area contributed by atoms with Crippen molar-refractivity contribution in [1.82, 2.24) is 29.4 Å². The summed E-state index contributed by atoms with van der Waals surface area (Å²) in [5, 5.41) is 8.32. The maximum atomic E-state index is 13.4. The van der Waals surface area contributed by atoms with Gasteiger partial charge in [-0.15, -0.1) is 0 Å². The zero-order valence-electron chi connectivity index (χ0n) is 32.1. The summed E-state index contributed by atoms with van der Waals surface area (Å²) in [6.07, 6.45) is 4.30. The molecule has 1 unspecified atom stereocenters. The highest BCUT2D eigenvalue weighted by Crippen LogP contribution is 2.37. The van der Waals surface area contributed by atoms with Crippen molar-refractivity contribution in [3.63, 3.8) is 0 Å². The Balaban J connectivity index is 1.44. The summed E-state index contributed by atoms with van der Waals surface area (Å²) >= 11 is 0. The van der Waals surface area contributed by atoms with Crippen LogP contribution in [0.15, 0.2) is 78.1 Å². The quantitative estimate of drug-likeness (QED) is 0.117. The summed E-state index contributed by atoms with van der Waals surface area (Å²) < 4.78 is 15.1. The van der Waals surface area contributed by atoms with Crippen molar-refractivity contribution < 1.29 is 9.47 Å². The van der Waals surface area contributed by atoms with Crippen molar-refractivity contribution in [3.8, 4) is 39.4 Å². The van der Waals surface area contributed by atoms with Crippen LogP contribution >= 0.6 is 0 Å². The first-order valence-corrected chi connectivity index (χ1v) is 17.8. The molecule has 1 atom stereocenters. The summed E-state index contributed by atoms with van der Waals surface area (Å²) in [6, 6.07) is 18.7. The maximum Gasteiger partial charge on any atom is 0.277 e. The van der Waals surface area contributed by atoms with Crippen LogP contribution in [0.25, 0.3) is 39.0 Å². The monoisotopic (exact) mass is 690 g/mol. The van der Waals surface area contributed by atoms with Gasteiger partial charge in [-0.05, 0) is 106 Å². The third-order valence-electron chi connectivity index (χ3n) is 9.43. The fraction of sp³-hybridized carbons (Fsp3) is 0.405. The molecule has 0 aliphatic carbocycles. The van der Waals surface area contributed by atoms with Gasteiger partial charge in [-0.25, -0.2) is 9.50 Å². The number of ether oxygens (including phenoxy) is 2. The van der Waals surface area contributed by atoms with Gasteiger partial charge in [0.2, 0.25) is 5.88 Å². The standard InChI is InChI=1S/C42H54N6O3/c1-12-15-27(2)23-43-24-39-45-48-26-32(22-38(48)41(49)47(39)10)33-16-13-17-34(28(33)3)35-18-14-19-36(29(35)4)37-21-20-31(40(44-37)50-11)25-46(9)30(5)51-42(6,7)8/h13-14,16-22,26-27,43H,5,12,15,23-25H2,1-4,6-11H3. The van der Waals surface area contributed by atoms with E-state index in [1.54, 1.807) is 23.2 Å². The third kappa shape index (κ3) is 8.37. The van der Waals surface area contributed by atoms with Gasteiger partial charge in [-0.1, -0.05) is 56.7 Å². The summed E-state index contributed by atoms with van der Waals surface area (Å²) in [7, 11) is 5.40. The SMILES string of the molecule is C=C(OC(C)(C)C)N(C)Cc1ccc(-c2cccc(-c3cccc(-c4cc5c(=O)n(C)c(CNCC(C)CCC)nn5c4)c3C)c2C)nc1OC. The number of rotatable bonds is 14. The number of benzene rings is 2. The zero-order chi connectivity index (χ0) is 37.0. The number of fused-ring (bicyclic) bond motifs is 1. The molecule has 3 aromatic heterocycles. The van der Waals surface area contributed by atoms with E-state index in [1.807, 2.05) is 51.0 Å². The van der Waals surface area contributed by atoms with Crippen LogP contribution in [0.1, 0.15) is 70.0 Å². The first kappa shape index (κ1) is 37.4. The van der Waals surface area contributed by atoms with Gasteiger partial charge in [0.15, 0.2) is 5.88 Å². The van der Waals surface area contributed by atoms with E-state index in [0.717, 1.165) is 63.2 Å². The number of methoxy groups -OCH3 is 1. The molecule has 0 amide bonds. The Hall–Kier alpha value is -4.89. The molecule has 0 saturated carbocycles. The van der Waals surface area contributed by atoms with Gasteiger partial charge in [-0.2, -0.15) is 5.10 Å². The van der Waals surface area contributed by atoms with Gasteiger partial charge >= 0.3 is 0 Å². The molecule has 5 rings (SSSR count). The van der Waals surface area contributed by atoms with Crippen molar-refractivity contribution in [3.05, 3.63) is 106 Å². The van der Waals surface area contributed by atoms with Crippen molar-refractivity contribution in [2.24, 2.45) is 13.0 Å². The molecule has 0 aliphatic heterocycles. The van der Waals surface area contributed by atoms with E-state index in [0.29, 0.717) is 42.1 Å². The highest BCUT2D eigenvalue weighted by Gasteiger charge is 2.19. The fourth-order valence-electron chi connectivity index (χ4n) is 6.64. The lowest BCUT2D eigenvalue weighted by Gasteiger charge is -2.29. The Bertz CT molecular complexity index is 2090. The minimum absolute atomic E-state index is 0.0595. The summed E-state index contributed by atoms with van der Waals surface area (Å²) in [5.74, 6) is 2.44. The Morgan fingerprint density at radius 1 is 1.02 bits per heavy atom. The molecule has 0 bridgehead atoms. The average molecular weight is 691 g/mol. The lowest BCUT2D eigenvalue weighted by Crippen LogP contribution is -2.29. The highest BCUT2D eigenvalue weighted by molar-refractivity contribution is 5.84. The number of aromatic nitrogens is 4. The smallest absolute Gasteiger partial charge is 0.277 e.